The number of nitro groups is 1. The molecule has 0 spiro atoms. The number of hydrogen-bond acceptors (Lipinski definition) is 6. The SMILES string of the molecule is O=C(O)CC(c1ccc(OCC2CC2)c2oc3cnccc3c12)[N+](=O)[O-]. The lowest BCUT2D eigenvalue weighted by molar-refractivity contribution is -0.527. The van der Waals surface area contributed by atoms with Crippen LogP contribution in [0.15, 0.2) is 35.0 Å². The zero-order valence-electron chi connectivity index (χ0n) is 13.8. The number of aliphatic carboxylic acids is 1. The molecular formula is C18H16N2O6. The first-order chi connectivity index (χ1) is 12.5. The minimum absolute atomic E-state index is 0.302. The minimum atomic E-state index is -1.37. The van der Waals surface area contributed by atoms with E-state index in [4.69, 9.17) is 14.3 Å². The van der Waals surface area contributed by atoms with Gasteiger partial charge in [0.1, 0.15) is 6.42 Å². The number of carboxylic acids is 1. The van der Waals surface area contributed by atoms with Gasteiger partial charge in [0, 0.05) is 27.5 Å². The van der Waals surface area contributed by atoms with Gasteiger partial charge < -0.3 is 14.3 Å². The molecule has 1 fully saturated rings. The lowest BCUT2D eigenvalue weighted by Gasteiger charge is -2.11. The molecule has 1 atom stereocenters. The summed E-state index contributed by atoms with van der Waals surface area (Å²) in [6.45, 7) is 0.567. The van der Waals surface area contributed by atoms with E-state index in [0.29, 0.717) is 45.8 Å². The van der Waals surface area contributed by atoms with Crippen LogP contribution in [0.25, 0.3) is 21.9 Å². The van der Waals surface area contributed by atoms with Crippen LogP contribution >= 0.6 is 0 Å². The van der Waals surface area contributed by atoms with Gasteiger partial charge in [0.2, 0.25) is 6.04 Å². The van der Waals surface area contributed by atoms with Gasteiger partial charge in [0.05, 0.1) is 12.8 Å². The van der Waals surface area contributed by atoms with Gasteiger partial charge in [-0.15, -0.1) is 0 Å². The van der Waals surface area contributed by atoms with Crippen LogP contribution in [0.5, 0.6) is 5.75 Å². The lowest BCUT2D eigenvalue weighted by Crippen LogP contribution is -2.15. The second-order valence-corrected chi connectivity index (χ2v) is 6.48. The number of fused-ring (bicyclic) bond motifs is 3. The number of benzene rings is 1. The highest BCUT2D eigenvalue weighted by atomic mass is 16.6. The molecule has 0 saturated heterocycles. The Kier molecular flexibility index (Phi) is 3.95. The van der Waals surface area contributed by atoms with E-state index >= 15 is 0 Å². The van der Waals surface area contributed by atoms with E-state index in [1.54, 1.807) is 24.4 Å². The minimum Gasteiger partial charge on any atom is -0.489 e. The molecule has 0 aliphatic heterocycles. The zero-order chi connectivity index (χ0) is 18.3. The molecule has 3 aromatic rings. The summed E-state index contributed by atoms with van der Waals surface area (Å²) in [5.74, 6) is -0.193. The first kappa shape index (κ1) is 16.3. The maximum atomic E-state index is 11.5. The van der Waals surface area contributed by atoms with Crippen LogP contribution in [0.4, 0.5) is 0 Å². The molecule has 1 N–H and O–H groups in total. The second kappa shape index (κ2) is 6.29. The molecule has 2 heterocycles. The van der Waals surface area contributed by atoms with Crippen molar-refractivity contribution in [3.05, 3.63) is 46.3 Å². The van der Waals surface area contributed by atoms with Crippen LogP contribution in [0.3, 0.4) is 0 Å². The Bertz CT molecular complexity index is 1010. The highest BCUT2D eigenvalue weighted by Gasteiger charge is 2.31. The smallest absolute Gasteiger partial charge is 0.310 e. The number of ether oxygens (including phenoxy) is 1. The number of hydrogen-bond donors (Lipinski definition) is 1. The number of nitrogens with zero attached hydrogens (tertiary/aromatic N) is 2. The Labute approximate surface area is 147 Å². The highest BCUT2D eigenvalue weighted by molar-refractivity contribution is 6.08. The van der Waals surface area contributed by atoms with Crippen molar-refractivity contribution in [3.8, 4) is 5.75 Å². The lowest BCUT2D eigenvalue weighted by atomic mass is 9.98. The fourth-order valence-corrected chi connectivity index (χ4v) is 3.08. The number of aromatic nitrogens is 1. The molecular weight excluding hydrogens is 340 g/mol. The van der Waals surface area contributed by atoms with Crippen molar-refractivity contribution in [1.82, 2.24) is 4.98 Å². The summed E-state index contributed by atoms with van der Waals surface area (Å²) in [7, 11) is 0. The number of rotatable bonds is 7. The molecule has 2 aromatic heterocycles. The van der Waals surface area contributed by atoms with Crippen molar-refractivity contribution in [2.24, 2.45) is 5.92 Å². The third kappa shape index (κ3) is 2.94. The average Bonchev–Trinajstić information content (AvgIpc) is 3.35. The molecule has 8 nitrogen and oxygen atoms in total. The van der Waals surface area contributed by atoms with Gasteiger partial charge in [-0.05, 0) is 37.0 Å². The van der Waals surface area contributed by atoms with Gasteiger partial charge in [-0.2, -0.15) is 0 Å². The van der Waals surface area contributed by atoms with Crippen molar-refractivity contribution in [2.45, 2.75) is 25.3 Å². The third-order valence-corrected chi connectivity index (χ3v) is 4.57. The number of carbonyl (C=O) groups is 1. The molecule has 8 heteroatoms. The van der Waals surface area contributed by atoms with Crippen LogP contribution < -0.4 is 4.74 Å². The summed E-state index contributed by atoms with van der Waals surface area (Å²) in [5, 5.41) is 21.8. The Morgan fingerprint density at radius 3 is 2.92 bits per heavy atom. The maximum Gasteiger partial charge on any atom is 0.310 e. The summed E-state index contributed by atoms with van der Waals surface area (Å²) in [6, 6.07) is 3.51. The summed E-state index contributed by atoms with van der Waals surface area (Å²) in [6.07, 6.45) is 4.75. The van der Waals surface area contributed by atoms with Gasteiger partial charge >= 0.3 is 5.97 Å². The monoisotopic (exact) mass is 356 g/mol. The fourth-order valence-electron chi connectivity index (χ4n) is 3.08. The van der Waals surface area contributed by atoms with Crippen LogP contribution in [0.1, 0.15) is 30.9 Å². The van der Waals surface area contributed by atoms with Crippen molar-refractivity contribution >= 4 is 27.9 Å². The number of pyridine rings is 1. The Morgan fingerprint density at radius 1 is 1.42 bits per heavy atom. The number of carboxylic acid groups (broad SMARTS) is 1. The predicted molar refractivity (Wildman–Crippen MR) is 91.7 cm³/mol. The average molecular weight is 356 g/mol. The Morgan fingerprint density at radius 2 is 2.23 bits per heavy atom. The van der Waals surface area contributed by atoms with Gasteiger partial charge in [-0.25, -0.2) is 0 Å². The standard InChI is InChI=1S/C18H16N2O6/c21-16(22)7-13(20(23)24)11-3-4-14(25-9-10-1-2-10)18-17(11)12-5-6-19-8-15(12)26-18/h3-6,8,10,13H,1-2,7,9H2,(H,21,22). The van der Waals surface area contributed by atoms with Crippen molar-refractivity contribution in [3.63, 3.8) is 0 Å². The van der Waals surface area contributed by atoms with E-state index in [2.05, 4.69) is 4.98 Å². The van der Waals surface area contributed by atoms with Crippen molar-refractivity contribution < 1.29 is 24.0 Å². The molecule has 134 valence electrons. The first-order valence-electron chi connectivity index (χ1n) is 8.32. The Hall–Kier alpha value is -3.16. The fraction of sp³-hybridized carbons (Fsp3) is 0.333. The van der Waals surface area contributed by atoms with E-state index in [0.717, 1.165) is 12.8 Å². The van der Waals surface area contributed by atoms with Crippen LogP contribution in [-0.2, 0) is 4.79 Å². The molecule has 4 rings (SSSR count). The molecule has 0 radical (unpaired) electrons. The van der Waals surface area contributed by atoms with Crippen molar-refractivity contribution in [1.29, 1.82) is 0 Å². The molecule has 0 bridgehead atoms. The van der Waals surface area contributed by atoms with E-state index in [1.165, 1.54) is 6.20 Å². The van der Waals surface area contributed by atoms with Crippen LogP contribution in [-0.4, -0.2) is 27.6 Å². The highest BCUT2D eigenvalue weighted by Crippen LogP contribution is 2.41. The summed E-state index contributed by atoms with van der Waals surface area (Å²) in [5.41, 5.74) is 1.17. The van der Waals surface area contributed by atoms with E-state index < -0.39 is 23.4 Å². The molecule has 1 unspecified atom stereocenters. The van der Waals surface area contributed by atoms with Gasteiger partial charge in [-0.3, -0.25) is 19.9 Å². The van der Waals surface area contributed by atoms with Gasteiger partial charge in [0.25, 0.3) is 0 Å². The second-order valence-electron chi connectivity index (χ2n) is 6.48. The van der Waals surface area contributed by atoms with E-state index in [-0.39, 0.29) is 0 Å². The maximum absolute atomic E-state index is 11.5. The number of furan rings is 1. The molecule has 0 amide bonds. The molecule has 1 saturated carbocycles. The van der Waals surface area contributed by atoms with Crippen molar-refractivity contribution in [2.75, 3.05) is 6.61 Å². The predicted octanol–water partition coefficient (Wildman–Crippen LogP) is 3.56. The van der Waals surface area contributed by atoms with Gasteiger partial charge in [-0.1, -0.05) is 0 Å². The summed E-state index contributed by atoms with van der Waals surface area (Å²) in [4.78, 5) is 26.1. The zero-order valence-corrected chi connectivity index (χ0v) is 13.8. The van der Waals surface area contributed by atoms with E-state index in [9.17, 15) is 14.9 Å². The van der Waals surface area contributed by atoms with Crippen LogP contribution in [0, 0.1) is 16.0 Å². The quantitative estimate of drug-likeness (QED) is 0.508. The Balaban J connectivity index is 1.90. The molecule has 26 heavy (non-hydrogen) atoms. The third-order valence-electron chi connectivity index (χ3n) is 4.57. The van der Waals surface area contributed by atoms with Crippen LogP contribution in [0.2, 0.25) is 0 Å². The summed E-state index contributed by atoms with van der Waals surface area (Å²) < 4.78 is 11.7. The normalized spacial score (nSPS) is 15.2. The van der Waals surface area contributed by atoms with E-state index in [1.807, 2.05) is 0 Å². The first-order valence-corrected chi connectivity index (χ1v) is 8.32. The molecule has 1 aliphatic carbocycles. The largest absolute Gasteiger partial charge is 0.489 e. The topological polar surface area (TPSA) is 116 Å². The molecule has 1 aliphatic rings. The van der Waals surface area contributed by atoms with Gasteiger partial charge in [0.15, 0.2) is 16.9 Å². The molecule has 1 aromatic carbocycles. The summed E-state index contributed by atoms with van der Waals surface area (Å²) >= 11 is 0.